The number of nitrogens with zero attached hydrogens (tertiary/aromatic N) is 1. The number of rotatable bonds is 2. The van der Waals surface area contributed by atoms with Crippen LogP contribution in [0, 0.1) is 0 Å². The zero-order valence-corrected chi connectivity index (χ0v) is 14.9. The molecule has 1 aromatic carbocycles. The molecule has 5 heteroatoms. The largest absolute Gasteiger partial charge is 0.354 e. The molecule has 0 bridgehead atoms. The fourth-order valence-corrected chi connectivity index (χ4v) is 5.03. The van der Waals surface area contributed by atoms with Crippen molar-refractivity contribution in [3.05, 3.63) is 29.8 Å². The second-order valence-corrected chi connectivity index (χ2v) is 7.82. The van der Waals surface area contributed by atoms with Crippen molar-refractivity contribution in [1.29, 1.82) is 0 Å². The number of benzene rings is 1. The lowest BCUT2D eigenvalue weighted by Crippen LogP contribution is -2.50. The van der Waals surface area contributed by atoms with E-state index in [0.717, 1.165) is 57.3 Å². The average Bonchev–Trinajstić information content (AvgIpc) is 2.88. The third-order valence-electron chi connectivity index (χ3n) is 6.39. The van der Waals surface area contributed by atoms with Crippen LogP contribution in [0.25, 0.3) is 0 Å². The Balaban J connectivity index is 1.38. The van der Waals surface area contributed by atoms with E-state index in [2.05, 4.69) is 21.6 Å². The van der Waals surface area contributed by atoms with Crippen LogP contribution in [0.4, 0.5) is 5.69 Å². The molecule has 2 fully saturated rings. The van der Waals surface area contributed by atoms with E-state index in [1.165, 1.54) is 5.56 Å². The number of hydrogen-bond acceptors (Lipinski definition) is 3. The molecule has 1 aliphatic carbocycles. The predicted molar refractivity (Wildman–Crippen MR) is 97.4 cm³/mol. The number of amides is 2. The molecular weight excluding hydrogens is 314 g/mol. The average molecular weight is 341 g/mol. The lowest BCUT2D eigenvalue weighted by atomic mass is 9.68. The van der Waals surface area contributed by atoms with Crippen molar-refractivity contribution >= 4 is 17.5 Å². The normalized spacial score (nSPS) is 30.1. The summed E-state index contributed by atoms with van der Waals surface area (Å²) in [7, 11) is 0. The van der Waals surface area contributed by atoms with Crippen molar-refractivity contribution in [3.8, 4) is 0 Å². The number of anilines is 1. The lowest BCUT2D eigenvalue weighted by Gasteiger charge is -2.43. The van der Waals surface area contributed by atoms with Crippen LogP contribution in [0.15, 0.2) is 24.3 Å². The SMILES string of the molecule is CC(=O)NC1CCN(C2CCC3(CC2)C(=O)Nc2ccccc23)CC1. The van der Waals surface area contributed by atoms with Gasteiger partial charge in [0.05, 0.1) is 5.41 Å². The van der Waals surface area contributed by atoms with E-state index >= 15 is 0 Å². The first-order valence-electron chi connectivity index (χ1n) is 9.51. The first-order valence-corrected chi connectivity index (χ1v) is 9.51. The summed E-state index contributed by atoms with van der Waals surface area (Å²) in [5.74, 6) is 0.264. The summed E-state index contributed by atoms with van der Waals surface area (Å²) in [5.41, 5.74) is 1.90. The Kier molecular flexibility index (Phi) is 4.28. The summed E-state index contributed by atoms with van der Waals surface area (Å²) in [5, 5.41) is 6.13. The van der Waals surface area contributed by atoms with E-state index in [0.29, 0.717) is 12.1 Å². The lowest BCUT2D eigenvalue weighted by molar-refractivity contribution is -0.122. The first-order chi connectivity index (χ1) is 12.1. The number of piperidine rings is 1. The summed E-state index contributed by atoms with van der Waals surface area (Å²) < 4.78 is 0. The van der Waals surface area contributed by atoms with Crippen molar-refractivity contribution in [2.24, 2.45) is 0 Å². The number of nitrogens with one attached hydrogen (secondary N) is 2. The summed E-state index contributed by atoms with van der Waals surface area (Å²) in [6, 6.07) is 9.07. The minimum absolute atomic E-state index is 0.0731. The molecule has 0 aromatic heterocycles. The third kappa shape index (κ3) is 2.95. The molecule has 1 spiro atoms. The number of fused-ring (bicyclic) bond motifs is 2. The molecule has 2 aliphatic heterocycles. The van der Waals surface area contributed by atoms with Gasteiger partial charge >= 0.3 is 0 Å². The Morgan fingerprint density at radius 2 is 1.84 bits per heavy atom. The molecule has 0 atom stereocenters. The van der Waals surface area contributed by atoms with E-state index < -0.39 is 0 Å². The molecule has 2 amide bonds. The van der Waals surface area contributed by atoms with Gasteiger partial charge in [-0.2, -0.15) is 0 Å². The molecule has 0 unspecified atom stereocenters. The van der Waals surface area contributed by atoms with Crippen molar-refractivity contribution in [1.82, 2.24) is 10.2 Å². The Hall–Kier alpha value is -1.88. The number of para-hydroxylation sites is 1. The van der Waals surface area contributed by atoms with E-state index in [1.54, 1.807) is 6.92 Å². The molecule has 4 rings (SSSR count). The molecule has 0 radical (unpaired) electrons. The van der Waals surface area contributed by atoms with Crippen LogP contribution in [-0.2, 0) is 15.0 Å². The molecule has 25 heavy (non-hydrogen) atoms. The molecule has 1 aromatic rings. The quantitative estimate of drug-likeness (QED) is 0.868. The van der Waals surface area contributed by atoms with E-state index in [4.69, 9.17) is 0 Å². The van der Waals surface area contributed by atoms with Crippen LogP contribution in [0.1, 0.15) is 51.0 Å². The highest BCUT2D eigenvalue weighted by molar-refractivity contribution is 6.06. The van der Waals surface area contributed by atoms with Gasteiger partial charge in [0.25, 0.3) is 0 Å². The van der Waals surface area contributed by atoms with Crippen molar-refractivity contribution < 1.29 is 9.59 Å². The van der Waals surface area contributed by atoms with E-state index in [-0.39, 0.29) is 17.2 Å². The molecule has 134 valence electrons. The smallest absolute Gasteiger partial charge is 0.235 e. The van der Waals surface area contributed by atoms with Gasteiger partial charge in [0, 0.05) is 37.8 Å². The Labute approximate surface area is 149 Å². The zero-order chi connectivity index (χ0) is 17.4. The Morgan fingerprint density at radius 3 is 2.52 bits per heavy atom. The Morgan fingerprint density at radius 1 is 1.16 bits per heavy atom. The van der Waals surface area contributed by atoms with Gasteiger partial charge in [-0.05, 0) is 50.2 Å². The second kappa shape index (κ2) is 6.45. The molecular formula is C20H27N3O2. The number of carbonyl (C=O) groups excluding carboxylic acids is 2. The highest BCUT2D eigenvalue weighted by atomic mass is 16.2. The molecule has 2 N–H and O–H groups in total. The molecule has 5 nitrogen and oxygen atoms in total. The number of carbonyl (C=O) groups is 2. The third-order valence-corrected chi connectivity index (χ3v) is 6.39. The molecule has 3 aliphatic rings. The van der Waals surface area contributed by atoms with Crippen LogP contribution in [-0.4, -0.2) is 41.9 Å². The number of likely N-dealkylation sites (tertiary alicyclic amines) is 1. The first kappa shape index (κ1) is 16.6. The van der Waals surface area contributed by atoms with E-state index in [1.807, 2.05) is 18.2 Å². The number of hydrogen-bond donors (Lipinski definition) is 2. The van der Waals surface area contributed by atoms with Crippen molar-refractivity contribution in [2.45, 2.75) is 62.9 Å². The van der Waals surface area contributed by atoms with Gasteiger partial charge in [-0.3, -0.25) is 9.59 Å². The van der Waals surface area contributed by atoms with Gasteiger partial charge in [-0.25, -0.2) is 0 Å². The summed E-state index contributed by atoms with van der Waals surface area (Å²) in [6.45, 7) is 3.69. The summed E-state index contributed by atoms with van der Waals surface area (Å²) >= 11 is 0. The predicted octanol–water partition coefficient (Wildman–Crippen LogP) is 2.42. The minimum Gasteiger partial charge on any atom is -0.354 e. The maximum atomic E-state index is 12.7. The maximum absolute atomic E-state index is 12.7. The van der Waals surface area contributed by atoms with Crippen molar-refractivity contribution in [3.63, 3.8) is 0 Å². The Bertz CT molecular complexity index is 671. The van der Waals surface area contributed by atoms with Gasteiger partial charge in [0.1, 0.15) is 0 Å². The van der Waals surface area contributed by atoms with Crippen LogP contribution in [0.3, 0.4) is 0 Å². The monoisotopic (exact) mass is 341 g/mol. The summed E-state index contributed by atoms with van der Waals surface area (Å²) in [4.78, 5) is 26.5. The van der Waals surface area contributed by atoms with Gasteiger partial charge in [-0.1, -0.05) is 18.2 Å². The maximum Gasteiger partial charge on any atom is 0.235 e. The molecule has 2 heterocycles. The van der Waals surface area contributed by atoms with Gasteiger partial charge < -0.3 is 15.5 Å². The van der Waals surface area contributed by atoms with Crippen LogP contribution >= 0.6 is 0 Å². The van der Waals surface area contributed by atoms with Crippen LogP contribution in [0.5, 0.6) is 0 Å². The molecule has 1 saturated carbocycles. The minimum atomic E-state index is -0.304. The fourth-order valence-electron chi connectivity index (χ4n) is 5.03. The van der Waals surface area contributed by atoms with Crippen LogP contribution < -0.4 is 10.6 Å². The zero-order valence-electron chi connectivity index (χ0n) is 14.9. The highest BCUT2D eigenvalue weighted by Crippen LogP contribution is 2.48. The molecule has 1 saturated heterocycles. The topological polar surface area (TPSA) is 61.4 Å². The van der Waals surface area contributed by atoms with E-state index in [9.17, 15) is 9.59 Å². The summed E-state index contributed by atoms with van der Waals surface area (Å²) in [6.07, 6.45) is 6.09. The van der Waals surface area contributed by atoms with Crippen molar-refractivity contribution in [2.75, 3.05) is 18.4 Å². The van der Waals surface area contributed by atoms with Gasteiger partial charge in [0.2, 0.25) is 11.8 Å². The van der Waals surface area contributed by atoms with Gasteiger partial charge in [-0.15, -0.1) is 0 Å². The second-order valence-electron chi connectivity index (χ2n) is 7.82. The fraction of sp³-hybridized carbons (Fsp3) is 0.600. The van der Waals surface area contributed by atoms with Gasteiger partial charge in [0.15, 0.2) is 0 Å². The van der Waals surface area contributed by atoms with Crippen LogP contribution in [0.2, 0.25) is 0 Å². The standard InChI is InChI=1S/C20H27N3O2/c1-14(24)21-15-8-12-23(13-9-15)16-6-10-20(11-7-16)17-4-2-3-5-18(17)22-19(20)25/h2-5,15-16H,6-13H2,1H3,(H,21,24)(H,22,25). The highest BCUT2D eigenvalue weighted by Gasteiger charge is 2.49.